The van der Waals surface area contributed by atoms with Gasteiger partial charge in [0.1, 0.15) is 0 Å². The lowest BCUT2D eigenvalue weighted by Crippen LogP contribution is -2.43. The van der Waals surface area contributed by atoms with Gasteiger partial charge < -0.3 is 19.7 Å². The van der Waals surface area contributed by atoms with Gasteiger partial charge in [-0.1, -0.05) is 0 Å². The van der Waals surface area contributed by atoms with Gasteiger partial charge in [0.15, 0.2) is 5.11 Å². The summed E-state index contributed by atoms with van der Waals surface area (Å²) in [6, 6.07) is 0. The Bertz CT molecular complexity index is 214. The lowest BCUT2D eigenvalue weighted by atomic mass is 10.3. The molecule has 1 N–H and O–H groups in total. The predicted octanol–water partition coefficient (Wildman–Crippen LogP) is 1.01. The molecule has 1 rings (SSSR count). The van der Waals surface area contributed by atoms with Crippen molar-refractivity contribution in [2.45, 2.75) is 25.9 Å². The first kappa shape index (κ1) is 13.7. The van der Waals surface area contributed by atoms with E-state index in [0.717, 1.165) is 50.8 Å². The van der Waals surface area contributed by atoms with Crippen LogP contribution in [0.4, 0.5) is 0 Å². The number of hydrogen-bond acceptors (Lipinski definition) is 3. The molecule has 0 aliphatic carbocycles. The van der Waals surface area contributed by atoms with Gasteiger partial charge >= 0.3 is 0 Å². The first-order chi connectivity index (χ1) is 7.74. The van der Waals surface area contributed by atoms with Gasteiger partial charge in [-0.15, -0.1) is 0 Å². The third-order valence-corrected chi connectivity index (χ3v) is 2.94. The van der Waals surface area contributed by atoms with Crippen molar-refractivity contribution in [1.29, 1.82) is 0 Å². The maximum absolute atomic E-state index is 5.58. The number of nitrogens with zero attached hydrogens (tertiary/aromatic N) is 1. The summed E-state index contributed by atoms with van der Waals surface area (Å²) in [6.07, 6.45) is 2.29. The first-order valence-corrected chi connectivity index (χ1v) is 6.28. The van der Waals surface area contributed by atoms with Gasteiger partial charge in [0, 0.05) is 40.0 Å². The molecule has 0 aromatic heterocycles. The average Bonchev–Trinajstić information content (AvgIpc) is 2.49. The number of ether oxygens (including phenoxy) is 2. The zero-order valence-corrected chi connectivity index (χ0v) is 11.0. The fourth-order valence-electron chi connectivity index (χ4n) is 1.70. The van der Waals surface area contributed by atoms with E-state index in [2.05, 4.69) is 17.1 Å². The van der Waals surface area contributed by atoms with E-state index in [0.29, 0.717) is 0 Å². The molecule has 1 atom stereocenters. The monoisotopic (exact) mass is 246 g/mol. The molecule has 1 unspecified atom stereocenters. The summed E-state index contributed by atoms with van der Waals surface area (Å²) < 4.78 is 10.6. The minimum atomic E-state index is 0.265. The molecule has 0 amide bonds. The fraction of sp³-hybridized carbons (Fsp3) is 0.909. The second kappa shape index (κ2) is 7.81. The maximum Gasteiger partial charge on any atom is 0.169 e. The van der Waals surface area contributed by atoms with E-state index in [1.807, 2.05) is 0 Å². The van der Waals surface area contributed by atoms with E-state index in [9.17, 15) is 0 Å². The van der Waals surface area contributed by atoms with Crippen molar-refractivity contribution in [1.82, 2.24) is 10.2 Å². The quantitative estimate of drug-likeness (QED) is 0.591. The third-order valence-electron chi connectivity index (χ3n) is 2.54. The van der Waals surface area contributed by atoms with Gasteiger partial charge in [-0.05, 0) is 32.0 Å². The average molecular weight is 246 g/mol. The summed E-state index contributed by atoms with van der Waals surface area (Å²) in [6.45, 7) is 6.44. The van der Waals surface area contributed by atoms with Gasteiger partial charge in [0.05, 0.1) is 6.10 Å². The highest BCUT2D eigenvalue weighted by Crippen LogP contribution is 2.05. The summed E-state index contributed by atoms with van der Waals surface area (Å²) in [5.74, 6) is 0. The summed E-state index contributed by atoms with van der Waals surface area (Å²) >= 11 is 5.36. The molecule has 94 valence electrons. The zero-order valence-electron chi connectivity index (χ0n) is 10.2. The molecule has 0 bridgehead atoms. The van der Waals surface area contributed by atoms with E-state index in [4.69, 9.17) is 21.7 Å². The van der Waals surface area contributed by atoms with Crippen LogP contribution in [0.5, 0.6) is 0 Å². The molecule has 0 radical (unpaired) electrons. The van der Waals surface area contributed by atoms with Crippen molar-refractivity contribution in [3.63, 3.8) is 0 Å². The van der Waals surface area contributed by atoms with Crippen LogP contribution in [0.2, 0.25) is 0 Å². The van der Waals surface area contributed by atoms with Crippen LogP contribution in [0.15, 0.2) is 0 Å². The minimum Gasteiger partial charge on any atom is -0.385 e. The molecular formula is C11H22N2O2S. The Morgan fingerprint density at radius 2 is 2.44 bits per heavy atom. The number of thiocarbonyl (C=S) groups is 1. The second-order valence-corrected chi connectivity index (χ2v) is 4.45. The minimum absolute atomic E-state index is 0.265. The third kappa shape index (κ3) is 5.09. The van der Waals surface area contributed by atoms with Crippen LogP contribution in [0.1, 0.15) is 19.8 Å². The summed E-state index contributed by atoms with van der Waals surface area (Å²) in [5.41, 5.74) is 0. The Labute approximate surface area is 103 Å². The van der Waals surface area contributed by atoms with Gasteiger partial charge in [0.2, 0.25) is 0 Å². The van der Waals surface area contributed by atoms with Crippen LogP contribution in [-0.4, -0.2) is 56.1 Å². The molecule has 0 aromatic rings. The van der Waals surface area contributed by atoms with Gasteiger partial charge in [0.25, 0.3) is 0 Å². The van der Waals surface area contributed by atoms with Crippen molar-refractivity contribution in [2.24, 2.45) is 0 Å². The molecular weight excluding hydrogens is 224 g/mol. The SMILES string of the molecule is COCCCNC(=S)N1CCCOC(C)C1. The van der Waals surface area contributed by atoms with Gasteiger partial charge in [-0.3, -0.25) is 0 Å². The number of nitrogens with one attached hydrogen (secondary N) is 1. The van der Waals surface area contributed by atoms with Gasteiger partial charge in [-0.25, -0.2) is 0 Å². The normalized spacial score (nSPS) is 21.6. The fourth-order valence-corrected chi connectivity index (χ4v) is 1.97. The van der Waals surface area contributed by atoms with Crippen molar-refractivity contribution >= 4 is 17.3 Å². The lowest BCUT2D eigenvalue weighted by molar-refractivity contribution is 0.0743. The van der Waals surface area contributed by atoms with Crippen molar-refractivity contribution in [3.8, 4) is 0 Å². The molecule has 0 saturated carbocycles. The van der Waals surface area contributed by atoms with Crippen molar-refractivity contribution < 1.29 is 9.47 Å². The Kier molecular flexibility index (Phi) is 6.68. The molecule has 1 aliphatic rings. The lowest BCUT2D eigenvalue weighted by Gasteiger charge is -2.25. The smallest absolute Gasteiger partial charge is 0.169 e. The zero-order chi connectivity index (χ0) is 11.8. The molecule has 1 saturated heterocycles. The van der Waals surface area contributed by atoms with Crippen LogP contribution in [0.3, 0.4) is 0 Å². The van der Waals surface area contributed by atoms with E-state index in [1.165, 1.54) is 0 Å². The molecule has 5 heteroatoms. The van der Waals surface area contributed by atoms with Crippen LogP contribution in [0, 0.1) is 0 Å². The summed E-state index contributed by atoms with van der Waals surface area (Å²) in [4.78, 5) is 2.19. The number of methoxy groups -OCH3 is 1. The van der Waals surface area contributed by atoms with E-state index >= 15 is 0 Å². The van der Waals surface area contributed by atoms with Crippen LogP contribution in [-0.2, 0) is 9.47 Å². The van der Waals surface area contributed by atoms with Gasteiger partial charge in [-0.2, -0.15) is 0 Å². The molecule has 0 spiro atoms. The maximum atomic E-state index is 5.58. The summed E-state index contributed by atoms with van der Waals surface area (Å²) in [7, 11) is 1.71. The highest BCUT2D eigenvalue weighted by molar-refractivity contribution is 7.80. The highest BCUT2D eigenvalue weighted by Gasteiger charge is 2.16. The molecule has 1 heterocycles. The predicted molar refractivity (Wildman–Crippen MR) is 68.7 cm³/mol. The van der Waals surface area contributed by atoms with Crippen molar-refractivity contribution in [2.75, 3.05) is 40.0 Å². The number of rotatable bonds is 4. The van der Waals surface area contributed by atoms with Crippen LogP contribution >= 0.6 is 12.2 Å². The molecule has 4 nitrogen and oxygen atoms in total. The molecule has 0 aromatic carbocycles. The molecule has 1 fully saturated rings. The van der Waals surface area contributed by atoms with E-state index in [1.54, 1.807) is 7.11 Å². The van der Waals surface area contributed by atoms with Crippen molar-refractivity contribution in [3.05, 3.63) is 0 Å². The standard InChI is InChI=1S/C11H22N2O2S/c1-10-9-13(6-4-8-15-10)11(16)12-5-3-7-14-2/h10H,3-9H2,1-2H3,(H,12,16). The Morgan fingerprint density at radius 1 is 1.62 bits per heavy atom. The van der Waals surface area contributed by atoms with E-state index < -0.39 is 0 Å². The highest BCUT2D eigenvalue weighted by atomic mass is 32.1. The van der Waals surface area contributed by atoms with Crippen LogP contribution in [0.25, 0.3) is 0 Å². The molecule has 1 aliphatic heterocycles. The number of hydrogen-bond donors (Lipinski definition) is 1. The second-order valence-electron chi connectivity index (χ2n) is 4.06. The Morgan fingerprint density at radius 3 is 3.19 bits per heavy atom. The van der Waals surface area contributed by atoms with E-state index in [-0.39, 0.29) is 6.10 Å². The molecule has 16 heavy (non-hydrogen) atoms. The Hall–Kier alpha value is -0.390. The Balaban J connectivity index is 2.23. The topological polar surface area (TPSA) is 33.7 Å². The van der Waals surface area contributed by atoms with Crippen LogP contribution < -0.4 is 5.32 Å². The summed E-state index contributed by atoms with van der Waals surface area (Å²) in [5, 5.41) is 4.10. The first-order valence-electron chi connectivity index (χ1n) is 5.87. The largest absolute Gasteiger partial charge is 0.385 e.